The SMILES string of the molecule is C=CC(N)(CCC(=O)OC(C)(C)C)C(=O)OC(C)(C)C. The molecule has 116 valence electrons. The van der Waals surface area contributed by atoms with Gasteiger partial charge >= 0.3 is 11.9 Å². The summed E-state index contributed by atoms with van der Waals surface area (Å²) in [6.45, 7) is 14.2. The highest BCUT2D eigenvalue weighted by Gasteiger charge is 2.36. The molecule has 0 heterocycles. The Bertz CT molecular complexity index is 376. The molecule has 2 N–H and O–H groups in total. The average molecular weight is 285 g/mol. The van der Waals surface area contributed by atoms with Crippen molar-refractivity contribution in [2.45, 2.75) is 71.1 Å². The lowest BCUT2D eigenvalue weighted by Gasteiger charge is -2.29. The van der Waals surface area contributed by atoms with Crippen molar-refractivity contribution in [3.63, 3.8) is 0 Å². The highest BCUT2D eigenvalue weighted by atomic mass is 16.6. The van der Waals surface area contributed by atoms with E-state index in [0.717, 1.165) is 0 Å². The molecule has 0 bridgehead atoms. The predicted octanol–water partition coefficient (Wildman–Crippen LogP) is 2.33. The van der Waals surface area contributed by atoms with Gasteiger partial charge in [-0.1, -0.05) is 6.08 Å². The Morgan fingerprint density at radius 1 is 1.05 bits per heavy atom. The van der Waals surface area contributed by atoms with Crippen LogP contribution in [0.15, 0.2) is 12.7 Å². The molecule has 0 aromatic rings. The van der Waals surface area contributed by atoms with Crippen LogP contribution in [0.3, 0.4) is 0 Å². The summed E-state index contributed by atoms with van der Waals surface area (Å²) in [6.07, 6.45) is 1.44. The van der Waals surface area contributed by atoms with E-state index in [9.17, 15) is 9.59 Å². The summed E-state index contributed by atoms with van der Waals surface area (Å²) in [4.78, 5) is 23.7. The second kappa shape index (κ2) is 6.39. The van der Waals surface area contributed by atoms with Gasteiger partial charge in [0.25, 0.3) is 0 Å². The third-order valence-electron chi connectivity index (χ3n) is 2.31. The van der Waals surface area contributed by atoms with E-state index in [1.807, 2.05) is 0 Å². The lowest BCUT2D eigenvalue weighted by Crippen LogP contribution is -2.49. The normalized spacial score (nSPS) is 15.2. The molecule has 0 saturated heterocycles. The number of esters is 2. The van der Waals surface area contributed by atoms with Crippen molar-refractivity contribution >= 4 is 11.9 Å². The van der Waals surface area contributed by atoms with Crippen LogP contribution in [0, 0.1) is 0 Å². The number of carbonyl (C=O) groups is 2. The Hall–Kier alpha value is -1.36. The van der Waals surface area contributed by atoms with Crippen LogP contribution in [0.25, 0.3) is 0 Å². The summed E-state index contributed by atoms with van der Waals surface area (Å²) in [7, 11) is 0. The number of ether oxygens (including phenoxy) is 2. The third kappa shape index (κ3) is 7.28. The topological polar surface area (TPSA) is 78.6 Å². The zero-order valence-electron chi connectivity index (χ0n) is 13.4. The molecule has 0 spiro atoms. The van der Waals surface area contributed by atoms with Gasteiger partial charge in [0.15, 0.2) is 0 Å². The minimum atomic E-state index is -1.38. The minimum absolute atomic E-state index is 0.0268. The van der Waals surface area contributed by atoms with Gasteiger partial charge in [0, 0.05) is 6.42 Å². The molecule has 20 heavy (non-hydrogen) atoms. The maximum Gasteiger partial charge on any atom is 0.330 e. The first-order valence-electron chi connectivity index (χ1n) is 6.67. The fourth-order valence-electron chi connectivity index (χ4n) is 1.36. The van der Waals surface area contributed by atoms with Crippen LogP contribution < -0.4 is 5.73 Å². The number of rotatable bonds is 5. The molecule has 5 nitrogen and oxygen atoms in total. The molecule has 0 rings (SSSR count). The van der Waals surface area contributed by atoms with E-state index in [1.165, 1.54) is 6.08 Å². The van der Waals surface area contributed by atoms with E-state index in [-0.39, 0.29) is 12.8 Å². The van der Waals surface area contributed by atoms with Crippen molar-refractivity contribution < 1.29 is 19.1 Å². The van der Waals surface area contributed by atoms with Gasteiger partial charge in [-0.2, -0.15) is 0 Å². The fourth-order valence-corrected chi connectivity index (χ4v) is 1.36. The van der Waals surface area contributed by atoms with Crippen molar-refractivity contribution in [3.05, 3.63) is 12.7 Å². The van der Waals surface area contributed by atoms with Gasteiger partial charge in [0.2, 0.25) is 0 Å². The van der Waals surface area contributed by atoms with E-state index >= 15 is 0 Å². The highest BCUT2D eigenvalue weighted by molar-refractivity contribution is 5.84. The Balaban J connectivity index is 4.64. The number of hydrogen-bond acceptors (Lipinski definition) is 5. The molecule has 0 radical (unpaired) electrons. The molecule has 0 amide bonds. The van der Waals surface area contributed by atoms with Crippen LogP contribution in [0.4, 0.5) is 0 Å². The third-order valence-corrected chi connectivity index (χ3v) is 2.31. The van der Waals surface area contributed by atoms with Gasteiger partial charge in [-0.05, 0) is 48.0 Å². The maximum atomic E-state index is 12.0. The zero-order valence-corrected chi connectivity index (χ0v) is 13.4. The highest BCUT2D eigenvalue weighted by Crippen LogP contribution is 2.19. The summed E-state index contributed by atoms with van der Waals surface area (Å²) in [5.41, 5.74) is 3.37. The first-order valence-corrected chi connectivity index (χ1v) is 6.67. The lowest BCUT2D eigenvalue weighted by atomic mass is 9.94. The minimum Gasteiger partial charge on any atom is -0.460 e. The molecule has 1 unspecified atom stereocenters. The van der Waals surface area contributed by atoms with Gasteiger partial charge in [0.05, 0.1) is 0 Å². The van der Waals surface area contributed by atoms with Crippen molar-refractivity contribution in [1.82, 2.24) is 0 Å². The van der Waals surface area contributed by atoms with E-state index in [0.29, 0.717) is 0 Å². The molecule has 5 heteroatoms. The molecule has 0 saturated carbocycles. The summed E-state index contributed by atoms with van der Waals surface area (Å²) in [5, 5.41) is 0. The van der Waals surface area contributed by atoms with Gasteiger partial charge in [-0.25, -0.2) is 4.79 Å². The van der Waals surface area contributed by atoms with Crippen LogP contribution in [0.2, 0.25) is 0 Å². The van der Waals surface area contributed by atoms with Crippen LogP contribution in [-0.4, -0.2) is 28.7 Å². The predicted molar refractivity (Wildman–Crippen MR) is 78.0 cm³/mol. The molecular weight excluding hydrogens is 258 g/mol. The van der Waals surface area contributed by atoms with Crippen LogP contribution in [-0.2, 0) is 19.1 Å². The molecule has 0 aromatic heterocycles. The Morgan fingerprint density at radius 3 is 1.85 bits per heavy atom. The monoisotopic (exact) mass is 285 g/mol. The molecule has 0 aliphatic carbocycles. The molecule has 0 aliphatic rings. The largest absolute Gasteiger partial charge is 0.460 e. The average Bonchev–Trinajstić information content (AvgIpc) is 2.21. The van der Waals surface area contributed by atoms with Gasteiger partial charge in [-0.15, -0.1) is 6.58 Å². The zero-order chi connectivity index (χ0) is 16.2. The number of carbonyl (C=O) groups excluding carboxylic acids is 2. The molecule has 0 fully saturated rings. The summed E-state index contributed by atoms with van der Waals surface area (Å²) >= 11 is 0. The fraction of sp³-hybridized carbons (Fsp3) is 0.733. The Kier molecular flexibility index (Phi) is 5.96. The van der Waals surface area contributed by atoms with Gasteiger partial charge < -0.3 is 15.2 Å². The maximum absolute atomic E-state index is 12.0. The van der Waals surface area contributed by atoms with Gasteiger partial charge in [0.1, 0.15) is 16.7 Å². The standard InChI is InChI=1S/C15H27NO4/c1-8-15(16,12(18)20-14(5,6)7)10-9-11(17)19-13(2,3)4/h8H,1,9-10,16H2,2-7H3. The summed E-state index contributed by atoms with van der Waals surface area (Å²) in [5.74, 6) is -0.999. The summed E-state index contributed by atoms with van der Waals surface area (Å²) in [6, 6.07) is 0. The molecular formula is C15H27NO4. The Labute approximate surface area is 121 Å². The smallest absolute Gasteiger partial charge is 0.330 e. The molecule has 0 aliphatic heterocycles. The Morgan fingerprint density at radius 2 is 1.50 bits per heavy atom. The second-order valence-electron chi connectivity index (χ2n) is 6.83. The van der Waals surface area contributed by atoms with Crippen molar-refractivity contribution in [2.24, 2.45) is 5.73 Å². The van der Waals surface area contributed by atoms with Crippen molar-refractivity contribution in [3.8, 4) is 0 Å². The molecule has 0 aromatic carbocycles. The van der Waals surface area contributed by atoms with Crippen LogP contribution in [0.1, 0.15) is 54.4 Å². The lowest BCUT2D eigenvalue weighted by molar-refractivity contribution is -0.161. The van der Waals surface area contributed by atoms with Gasteiger partial charge in [-0.3, -0.25) is 4.79 Å². The first-order chi connectivity index (χ1) is 8.79. The second-order valence-corrected chi connectivity index (χ2v) is 6.83. The first kappa shape index (κ1) is 18.6. The number of nitrogens with two attached hydrogens (primary N) is 1. The van der Waals surface area contributed by atoms with E-state index < -0.39 is 28.7 Å². The van der Waals surface area contributed by atoms with Crippen LogP contribution in [0.5, 0.6) is 0 Å². The quantitative estimate of drug-likeness (QED) is 0.619. The van der Waals surface area contributed by atoms with E-state index in [2.05, 4.69) is 6.58 Å². The van der Waals surface area contributed by atoms with E-state index in [1.54, 1.807) is 41.5 Å². The van der Waals surface area contributed by atoms with Crippen molar-refractivity contribution in [1.29, 1.82) is 0 Å². The number of hydrogen-bond donors (Lipinski definition) is 1. The van der Waals surface area contributed by atoms with E-state index in [4.69, 9.17) is 15.2 Å². The molecule has 1 atom stereocenters. The summed E-state index contributed by atoms with van der Waals surface area (Å²) < 4.78 is 10.4. The van der Waals surface area contributed by atoms with Crippen LogP contribution >= 0.6 is 0 Å². The van der Waals surface area contributed by atoms with Crippen molar-refractivity contribution in [2.75, 3.05) is 0 Å².